The van der Waals surface area contributed by atoms with Crippen LogP contribution in [0.15, 0.2) is 30.3 Å². The number of nitrogens with zero attached hydrogens (tertiary/aromatic N) is 1. The minimum Gasteiger partial charge on any atom is -0.493 e. The topological polar surface area (TPSA) is 73.4 Å². The zero-order chi connectivity index (χ0) is 17.3. The van der Waals surface area contributed by atoms with Crippen molar-refractivity contribution in [1.82, 2.24) is 9.97 Å². The van der Waals surface area contributed by atoms with Crippen molar-refractivity contribution >= 4 is 16.8 Å². The standard InChI is InChI=1S/C18H18N2O4/c1-10(21)11-5-7-13-14(9-11)20-18(19-13)12-6-8-15(22-2)17(24-4)16(12)23-3/h5-9H,1-4H3,(H,19,20). The molecule has 2 aromatic carbocycles. The monoisotopic (exact) mass is 326 g/mol. The smallest absolute Gasteiger partial charge is 0.204 e. The molecule has 6 nitrogen and oxygen atoms in total. The van der Waals surface area contributed by atoms with Crippen molar-refractivity contribution in [1.29, 1.82) is 0 Å². The molecule has 0 fully saturated rings. The first-order chi connectivity index (χ1) is 11.6. The quantitative estimate of drug-likeness (QED) is 0.727. The lowest BCUT2D eigenvalue weighted by Crippen LogP contribution is -1.97. The number of carbonyl (C=O) groups excluding carboxylic acids is 1. The van der Waals surface area contributed by atoms with Crippen LogP contribution in [-0.2, 0) is 0 Å². The lowest BCUT2D eigenvalue weighted by Gasteiger charge is -2.14. The fraction of sp³-hybridized carbons (Fsp3) is 0.222. The largest absolute Gasteiger partial charge is 0.493 e. The van der Waals surface area contributed by atoms with E-state index in [0.717, 1.165) is 16.6 Å². The number of benzene rings is 2. The maximum atomic E-state index is 11.5. The molecule has 1 aromatic heterocycles. The number of hydrogen-bond acceptors (Lipinski definition) is 5. The van der Waals surface area contributed by atoms with Crippen LogP contribution in [0.25, 0.3) is 22.4 Å². The van der Waals surface area contributed by atoms with Crippen molar-refractivity contribution in [2.75, 3.05) is 21.3 Å². The number of carbonyl (C=O) groups is 1. The zero-order valence-corrected chi connectivity index (χ0v) is 14.0. The maximum absolute atomic E-state index is 11.5. The molecule has 124 valence electrons. The van der Waals surface area contributed by atoms with Gasteiger partial charge in [-0.3, -0.25) is 4.79 Å². The molecule has 3 aromatic rings. The molecule has 0 spiro atoms. The summed E-state index contributed by atoms with van der Waals surface area (Å²) in [4.78, 5) is 19.3. The van der Waals surface area contributed by atoms with Gasteiger partial charge in [0.15, 0.2) is 17.3 Å². The molecule has 3 rings (SSSR count). The van der Waals surface area contributed by atoms with E-state index in [-0.39, 0.29) is 5.78 Å². The van der Waals surface area contributed by atoms with Gasteiger partial charge in [-0.2, -0.15) is 0 Å². The Hall–Kier alpha value is -3.02. The minimum absolute atomic E-state index is 0.0109. The number of H-pyrrole nitrogens is 1. The van der Waals surface area contributed by atoms with Crippen LogP contribution in [0.3, 0.4) is 0 Å². The molecule has 0 amide bonds. The van der Waals surface area contributed by atoms with Crippen LogP contribution in [0, 0.1) is 0 Å². The lowest BCUT2D eigenvalue weighted by atomic mass is 10.1. The summed E-state index contributed by atoms with van der Waals surface area (Å²) in [5.41, 5.74) is 2.94. The van der Waals surface area contributed by atoms with E-state index in [4.69, 9.17) is 14.2 Å². The van der Waals surface area contributed by atoms with Crippen LogP contribution >= 0.6 is 0 Å². The van der Waals surface area contributed by atoms with Crippen molar-refractivity contribution in [2.45, 2.75) is 6.92 Å². The molecule has 6 heteroatoms. The first kappa shape index (κ1) is 15.9. The van der Waals surface area contributed by atoms with Crippen molar-refractivity contribution in [3.8, 4) is 28.6 Å². The molecular weight excluding hydrogens is 308 g/mol. The lowest BCUT2D eigenvalue weighted by molar-refractivity contribution is 0.101. The molecule has 0 aliphatic heterocycles. The molecular formula is C18H18N2O4. The number of rotatable bonds is 5. The van der Waals surface area contributed by atoms with Crippen LogP contribution in [0.2, 0.25) is 0 Å². The fourth-order valence-corrected chi connectivity index (χ4v) is 2.64. The Balaban J connectivity index is 2.18. The Morgan fingerprint density at radius 3 is 2.38 bits per heavy atom. The van der Waals surface area contributed by atoms with Gasteiger partial charge in [0.2, 0.25) is 5.75 Å². The van der Waals surface area contributed by atoms with Crippen molar-refractivity contribution in [3.05, 3.63) is 35.9 Å². The SMILES string of the molecule is COc1ccc(-c2nc3ccc(C(C)=O)cc3[nH]2)c(OC)c1OC. The van der Waals surface area contributed by atoms with E-state index in [0.29, 0.717) is 28.6 Å². The van der Waals surface area contributed by atoms with Crippen LogP contribution in [0.5, 0.6) is 17.2 Å². The van der Waals surface area contributed by atoms with Crippen LogP contribution in [0.4, 0.5) is 0 Å². The van der Waals surface area contributed by atoms with Crippen molar-refractivity contribution in [2.24, 2.45) is 0 Å². The third-order valence-corrected chi connectivity index (χ3v) is 3.85. The number of imidazole rings is 1. The van der Waals surface area contributed by atoms with E-state index in [2.05, 4.69) is 9.97 Å². The summed E-state index contributed by atoms with van der Waals surface area (Å²) in [6, 6.07) is 9.02. The number of aromatic nitrogens is 2. The molecule has 0 aliphatic carbocycles. The Morgan fingerprint density at radius 1 is 1.00 bits per heavy atom. The van der Waals surface area contributed by atoms with Gasteiger partial charge in [-0.1, -0.05) is 0 Å². The van der Waals surface area contributed by atoms with E-state index in [1.165, 1.54) is 6.92 Å². The van der Waals surface area contributed by atoms with E-state index in [9.17, 15) is 4.79 Å². The first-order valence-electron chi connectivity index (χ1n) is 7.39. The number of hydrogen-bond donors (Lipinski definition) is 1. The summed E-state index contributed by atoms with van der Waals surface area (Å²) in [5.74, 6) is 2.25. The Bertz CT molecular complexity index is 915. The highest BCUT2D eigenvalue weighted by atomic mass is 16.5. The predicted molar refractivity (Wildman–Crippen MR) is 91.2 cm³/mol. The number of aromatic amines is 1. The average Bonchev–Trinajstić information content (AvgIpc) is 3.02. The van der Waals surface area contributed by atoms with Gasteiger partial charge in [-0.15, -0.1) is 0 Å². The highest BCUT2D eigenvalue weighted by Gasteiger charge is 2.19. The fourth-order valence-electron chi connectivity index (χ4n) is 2.64. The average molecular weight is 326 g/mol. The Labute approximate surface area is 139 Å². The summed E-state index contributed by atoms with van der Waals surface area (Å²) in [5, 5.41) is 0. The van der Waals surface area contributed by atoms with E-state index >= 15 is 0 Å². The second-order valence-corrected chi connectivity index (χ2v) is 5.26. The molecule has 24 heavy (non-hydrogen) atoms. The minimum atomic E-state index is 0.0109. The highest BCUT2D eigenvalue weighted by molar-refractivity contribution is 5.97. The third kappa shape index (κ3) is 2.56. The molecule has 0 bridgehead atoms. The number of ether oxygens (including phenoxy) is 3. The second kappa shape index (κ2) is 6.23. The number of nitrogens with one attached hydrogen (secondary N) is 1. The highest BCUT2D eigenvalue weighted by Crippen LogP contribution is 2.43. The summed E-state index contributed by atoms with van der Waals surface area (Å²) >= 11 is 0. The number of methoxy groups -OCH3 is 3. The van der Waals surface area contributed by atoms with Crippen molar-refractivity contribution < 1.29 is 19.0 Å². The molecule has 0 aliphatic rings. The van der Waals surface area contributed by atoms with Gasteiger partial charge >= 0.3 is 0 Å². The van der Waals surface area contributed by atoms with Crippen molar-refractivity contribution in [3.63, 3.8) is 0 Å². The molecule has 0 saturated carbocycles. The van der Waals surface area contributed by atoms with Crippen LogP contribution < -0.4 is 14.2 Å². The maximum Gasteiger partial charge on any atom is 0.204 e. The van der Waals surface area contributed by atoms with Crippen LogP contribution in [-0.4, -0.2) is 37.1 Å². The zero-order valence-electron chi connectivity index (χ0n) is 14.0. The predicted octanol–water partition coefficient (Wildman–Crippen LogP) is 3.46. The van der Waals surface area contributed by atoms with Gasteiger partial charge in [0, 0.05) is 5.56 Å². The summed E-state index contributed by atoms with van der Waals surface area (Å²) in [7, 11) is 4.70. The Morgan fingerprint density at radius 2 is 1.75 bits per heavy atom. The van der Waals surface area contributed by atoms with Gasteiger partial charge in [-0.25, -0.2) is 4.98 Å². The molecule has 1 N–H and O–H groups in total. The third-order valence-electron chi connectivity index (χ3n) is 3.85. The summed E-state index contributed by atoms with van der Waals surface area (Å²) in [6.45, 7) is 1.54. The first-order valence-corrected chi connectivity index (χ1v) is 7.39. The molecule has 0 radical (unpaired) electrons. The van der Waals surface area contributed by atoms with Gasteiger partial charge in [0.1, 0.15) is 5.82 Å². The van der Waals surface area contributed by atoms with Gasteiger partial charge in [-0.05, 0) is 37.3 Å². The number of ketones is 1. The molecule has 0 unspecified atom stereocenters. The van der Waals surface area contributed by atoms with E-state index < -0.39 is 0 Å². The van der Waals surface area contributed by atoms with E-state index in [1.54, 1.807) is 39.5 Å². The second-order valence-electron chi connectivity index (χ2n) is 5.26. The molecule has 1 heterocycles. The van der Waals surface area contributed by atoms with Crippen LogP contribution in [0.1, 0.15) is 17.3 Å². The normalized spacial score (nSPS) is 10.7. The molecule has 0 atom stereocenters. The number of Topliss-reactive ketones (excluding diaryl/α,β-unsaturated/α-hetero) is 1. The Kier molecular flexibility index (Phi) is 4.12. The van der Waals surface area contributed by atoms with Gasteiger partial charge in [0.25, 0.3) is 0 Å². The summed E-state index contributed by atoms with van der Waals surface area (Å²) < 4.78 is 16.2. The molecule has 0 saturated heterocycles. The van der Waals surface area contributed by atoms with E-state index in [1.807, 2.05) is 12.1 Å². The van der Waals surface area contributed by atoms with Gasteiger partial charge < -0.3 is 19.2 Å². The summed E-state index contributed by atoms with van der Waals surface area (Å²) in [6.07, 6.45) is 0. The van der Waals surface area contributed by atoms with Gasteiger partial charge in [0.05, 0.1) is 37.9 Å². The number of fused-ring (bicyclic) bond motifs is 1.